The van der Waals surface area contributed by atoms with Crippen molar-refractivity contribution in [1.29, 1.82) is 0 Å². The molecule has 7 nitrogen and oxygen atoms in total. The van der Waals surface area contributed by atoms with Crippen molar-refractivity contribution < 1.29 is 23.8 Å². The molecule has 1 fully saturated rings. The lowest BCUT2D eigenvalue weighted by Gasteiger charge is -2.32. The molecule has 44 heavy (non-hydrogen) atoms. The molecule has 1 aliphatic heterocycles. The van der Waals surface area contributed by atoms with Gasteiger partial charge in [0, 0.05) is 24.6 Å². The van der Waals surface area contributed by atoms with E-state index in [1.807, 2.05) is 101 Å². The first-order chi connectivity index (χ1) is 21.6. The molecule has 0 N–H and O–H groups in total. The first kappa shape index (κ1) is 31.3. The summed E-state index contributed by atoms with van der Waals surface area (Å²) in [4.78, 5) is 33.3. The van der Waals surface area contributed by atoms with E-state index in [4.69, 9.17) is 14.2 Å². The number of carbonyl (C=O) groups excluding carboxylic acids is 2. The summed E-state index contributed by atoms with van der Waals surface area (Å²) in [5.41, 5.74) is 2.84. The van der Waals surface area contributed by atoms with Crippen LogP contribution in [0.4, 0.5) is 0 Å². The molecule has 0 radical (unpaired) electrons. The molecule has 0 bridgehead atoms. The van der Waals surface area contributed by atoms with Crippen molar-refractivity contribution in [3.8, 4) is 11.5 Å². The second kappa shape index (κ2) is 15.5. The molecule has 1 atom stereocenters. The maximum atomic E-state index is 14.5. The van der Waals surface area contributed by atoms with Gasteiger partial charge in [-0.15, -0.1) is 11.3 Å². The van der Waals surface area contributed by atoms with Crippen LogP contribution in [0.3, 0.4) is 0 Å². The van der Waals surface area contributed by atoms with Gasteiger partial charge in [-0.3, -0.25) is 9.59 Å². The van der Waals surface area contributed by atoms with E-state index in [1.54, 1.807) is 30.5 Å². The molecule has 1 aliphatic rings. The molecule has 2 heterocycles. The smallest absolute Gasteiger partial charge is 0.242 e. The van der Waals surface area contributed by atoms with Crippen molar-refractivity contribution in [2.75, 3.05) is 40.5 Å². The Morgan fingerprint density at radius 2 is 1.59 bits per heavy atom. The van der Waals surface area contributed by atoms with Gasteiger partial charge in [0.25, 0.3) is 0 Å². The Morgan fingerprint density at radius 3 is 2.18 bits per heavy atom. The predicted molar refractivity (Wildman–Crippen MR) is 173 cm³/mol. The minimum atomic E-state index is -0.524. The fraction of sp³-hybridized carbons (Fsp3) is 0.333. The van der Waals surface area contributed by atoms with Gasteiger partial charge >= 0.3 is 0 Å². The van der Waals surface area contributed by atoms with Gasteiger partial charge < -0.3 is 24.0 Å². The number of nitrogens with zero attached hydrogens (tertiary/aromatic N) is 2. The van der Waals surface area contributed by atoms with Crippen molar-refractivity contribution >= 4 is 23.2 Å². The van der Waals surface area contributed by atoms with Gasteiger partial charge in [0.1, 0.15) is 0 Å². The van der Waals surface area contributed by atoms with Crippen LogP contribution in [0, 0.1) is 0 Å². The van der Waals surface area contributed by atoms with Crippen molar-refractivity contribution in [2.45, 2.75) is 37.8 Å². The molecule has 8 heteroatoms. The summed E-state index contributed by atoms with van der Waals surface area (Å²) in [7, 11) is 3.23. The van der Waals surface area contributed by atoms with Crippen LogP contribution in [0.2, 0.25) is 0 Å². The minimum absolute atomic E-state index is 0.0217. The van der Waals surface area contributed by atoms with Gasteiger partial charge in [0.2, 0.25) is 11.8 Å². The lowest BCUT2D eigenvalue weighted by Crippen LogP contribution is -2.47. The van der Waals surface area contributed by atoms with Gasteiger partial charge in [0.05, 0.1) is 39.3 Å². The van der Waals surface area contributed by atoms with Crippen LogP contribution >= 0.6 is 11.3 Å². The van der Waals surface area contributed by atoms with E-state index in [-0.39, 0.29) is 24.5 Å². The zero-order valence-electron chi connectivity index (χ0n) is 25.4. The highest BCUT2D eigenvalue weighted by atomic mass is 32.1. The third kappa shape index (κ3) is 8.07. The molecule has 1 unspecified atom stereocenters. The molecule has 3 aromatic carbocycles. The predicted octanol–water partition coefficient (Wildman–Crippen LogP) is 6.18. The molecule has 0 spiro atoms. The minimum Gasteiger partial charge on any atom is -0.493 e. The second-order valence-electron chi connectivity index (χ2n) is 10.9. The number of benzene rings is 3. The fourth-order valence-corrected chi connectivity index (χ4v) is 6.38. The zero-order valence-corrected chi connectivity index (χ0v) is 26.2. The highest BCUT2D eigenvalue weighted by Gasteiger charge is 2.32. The Labute approximate surface area is 264 Å². The number of hydrogen-bond donors (Lipinski definition) is 0. The summed E-state index contributed by atoms with van der Waals surface area (Å²) in [6.07, 6.45) is 2.37. The number of rotatable bonds is 14. The number of ether oxygens (including phenoxy) is 3. The topological polar surface area (TPSA) is 68.3 Å². The normalized spacial score (nSPS) is 14.4. The van der Waals surface area contributed by atoms with Crippen molar-refractivity contribution in [3.05, 3.63) is 118 Å². The number of carbonyl (C=O) groups is 2. The molecule has 0 aliphatic carbocycles. The van der Waals surface area contributed by atoms with Crippen molar-refractivity contribution in [2.24, 2.45) is 0 Å². The van der Waals surface area contributed by atoms with Gasteiger partial charge in [-0.05, 0) is 59.5 Å². The summed E-state index contributed by atoms with van der Waals surface area (Å²) in [5.74, 6) is 0.608. The number of thiophene rings is 1. The molecule has 5 rings (SSSR count). The summed E-state index contributed by atoms with van der Waals surface area (Å²) in [6.45, 7) is 2.01. The van der Waals surface area contributed by atoms with Crippen LogP contribution in [-0.4, -0.2) is 68.2 Å². The number of hydrogen-bond acceptors (Lipinski definition) is 6. The Bertz CT molecular complexity index is 1430. The molecular formula is C36H40N2O5S. The summed E-state index contributed by atoms with van der Waals surface area (Å²) >= 11 is 1.62. The van der Waals surface area contributed by atoms with Gasteiger partial charge in [-0.2, -0.15) is 0 Å². The Hall–Kier alpha value is -4.14. The Morgan fingerprint density at radius 1 is 0.886 bits per heavy atom. The molecule has 230 valence electrons. The Balaban J connectivity index is 1.40. The van der Waals surface area contributed by atoms with E-state index >= 15 is 0 Å². The van der Waals surface area contributed by atoms with E-state index < -0.39 is 5.92 Å². The third-order valence-corrected chi connectivity index (χ3v) is 8.86. The maximum Gasteiger partial charge on any atom is 0.242 e. The number of methoxy groups -OCH3 is 2. The molecule has 1 aromatic heterocycles. The van der Waals surface area contributed by atoms with Crippen LogP contribution in [0.5, 0.6) is 11.5 Å². The average molecular weight is 613 g/mol. The highest BCUT2D eigenvalue weighted by molar-refractivity contribution is 7.09. The van der Waals surface area contributed by atoms with Crippen LogP contribution < -0.4 is 9.47 Å². The van der Waals surface area contributed by atoms with Crippen LogP contribution in [0.15, 0.2) is 96.4 Å². The molecular weight excluding hydrogens is 572 g/mol. The Kier molecular flexibility index (Phi) is 11.1. The molecule has 0 saturated carbocycles. The highest BCUT2D eigenvalue weighted by Crippen LogP contribution is 2.29. The van der Waals surface area contributed by atoms with Crippen molar-refractivity contribution in [3.63, 3.8) is 0 Å². The van der Waals surface area contributed by atoms with Crippen LogP contribution in [-0.2, 0) is 27.3 Å². The zero-order chi connectivity index (χ0) is 30.7. The van der Waals surface area contributed by atoms with E-state index in [0.29, 0.717) is 44.2 Å². The maximum absolute atomic E-state index is 14.5. The number of amides is 2. The van der Waals surface area contributed by atoms with Crippen molar-refractivity contribution in [1.82, 2.24) is 9.80 Å². The summed E-state index contributed by atoms with van der Waals surface area (Å²) in [5, 5.41) is 2.02. The standard InChI is InChI=1S/C36H40N2O5S/c1-41-32-18-17-27(23-33(32)42-2)19-20-37(25-31-16-10-22-44-31)34(39)26-38(24-30-15-9-21-43-30)36(40)35(28-11-5-3-6-12-28)29-13-7-4-8-14-29/h3-8,10-14,16-18,22-23,30,35H,9,15,19-21,24-26H2,1-2H3. The first-order valence-corrected chi connectivity index (χ1v) is 15.9. The van der Waals surface area contributed by atoms with E-state index in [2.05, 4.69) is 0 Å². The van der Waals surface area contributed by atoms with Gasteiger partial charge in [-0.1, -0.05) is 72.8 Å². The quantitative estimate of drug-likeness (QED) is 0.170. The molecule has 1 saturated heterocycles. The second-order valence-corrected chi connectivity index (χ2v) is 12.0. The van der Waals surface area contributed by atoms with E-state index in [0.717, 1.165) is 34.4 Å². The molecule has 4 aromatic rings. The average Bonchev–Trinajstić information content (AvgIpc) is 3.78. The molecule has 2 amide bonds. The fourth-order valence-electron chi connectivity index (χ4n) is 5.66. The monoisotopic (exact) mass is 612 g/mol. The lowest BCUT2D eigenvalue weighted by atomic mass is 9.90. The van der Waals surface area contributed by atoms with E-state index in [1.165, 1.54) is 0 Å². The summed E-state index contributed by atoms with van der Waals surface area (Å²) < 4.78 is 16.8. The lowest BCUT2D eigenvalue weighted by molar-refractivity contribution is -0.142. The van der Waals surface area contributed by atoms with Gasteiger partial charge in [-0.25, -0.2) is 0 Å². The third-order valence-electron chi connectivity index (χ3n) is 8.00. The van der Waals surface area contributed by atoms with Gasteiger partial charge in [0.15, 0.2) is 11.5 Å². The van der Waals surface area contributed by atoms with Crippen LogP contribution in [0.25, 0.3) is 0 Å². The van der Waals surface area contributed by atoms with Crippen LogP contribution in [0.1, 0.15) is 40.3 Å². The SMILES string of the molecule is COc1ccc(CCN(Cc2cccs2)C(=O)CN(CC2CCCO2)C(=O)C(c2ccccc2)c2ccccc2)cc1OC. The van der Waals surface area contributed by atoms with E-state index in [9.17, 15) is 9.59 Å². The summed E-state index contributed by atoms with van der Waals surface area (Å²) in [6, 6.07) is 29.5. The largest absolute Gasteiger partial charge is 0.493 e. The first-order valence-electron chi connectivity index (χ1n) is 15.1.